The molecular weight excluding hydrogens is 260 g/mol. The molecule has 0 bridgehead atoms. The smallest absolute Gasteiger partial charge is 0.116 e. The second kappa shape index (κ2) is 4.62. The van der Waals surface area contributed by atoms with Gasteiger partial charge < -0.3 is 0 Å². The largest absolute Gasteiger partial charge is 0.245 e. The van der Waals surface area contributed by atoms with Gasteiger partial charge in [-0.1, -0.05) is 22.4 Å². The molecule has 0 spiro atoms. The molecule has 0 amide bonds. The second-order valence-electron chi connectivity index (χ2n) is 3.82. The molecule has 2 nitrogen and oxygen atoms in total. The molecular formula is C10H13BrN2S. The summed E-state index contributed by atoms with van der Waals surface area (Å²) in [7, 11) is 0. The lowest BCUT2D eigenvalue weighted by Crippen LogP contribution is -2.33. The lowest BCUT2D eigenvalue weighted by Gasteiger charge is -2.40. The Kier molecular flexibility index (Phi) is 3.44. The summed E-state index contributed by atoms with van der Waals surface area (Å²) in [6.07, 6.45) is 7.52. The zero-order valence-electron chi connectivity index (χ0n) is 7.95. The van der Waals surface area contributed by atoms with Crippen LogP contribution in [0.4, 0.5) is 0 Å². The minimum atomic E-state index is 0.537. The Morgan fingerprint density at radius 2 is 2.36 bits per heavy atom. The third kappa shape index (κ3) is 2.28. The number of thioether (sulfide) groups is 1. The average molecular weight is 273 g/mol. The predicted octanol–water partition coefficient (Wildman–Crippen LogP) is 3.13. The normalized spacial score (nSPS) is 18.9. The molecule has 0 unspecified atom stereocenters. The van der Waals surface area contributed by atoms with Crippen LogP contribution in [0.5, 0.6) is 0 Å². The fourth-order valence-electron chi connectivity index (χ4n) is 1.58. The van der Waals surface area contributed by atoms with Crippen molar-refractivity contribution in [3.05, 3.63) is 18.6 Å². The molecule has 2 rings (SSSR count). The van der Waals surface area contributed by atoms with Gasteiger partial charge in [0, 0.05) is 17.3 Å². The van der Waals surface area contributed by atoms with E-state index in [1.54, 1.807) is 12.5 Å². The molecule has 0 atom stereocenters. The zero-order valence-corrected chi connectivity index (χ0v) is 10.4. The topological polar surface area (TPSA) is 25.8 Å². The average Bonchev–Trinajstić information content (AvgIpc) is 2.19. The molecule has 14 heavy (non-hydrogen) atoms. The van der Waals surface area contributed by atoms with Crippen LogP contribution in [0.15, 0.2) is 23.6 Å². The Morgan fingerprint density at radius 1 is 1.50 bits per heavy atom. The van der Waals surface area contributed by atoms with Crippen molar-refractivity contribution in [3.63, 3.8) is 0 Å². The van der Waals surface area contributed by atoms with Crippen LogP contribution in [0.1, 0.15) is 19.3 Å². The third-order valence-corrected chi connectivity index (χ3v) is 5.26. The molecule has 4 heteroatoms. The first-order valence-electron chi connectivity index (χ1n) is 4.79. The van der Waals surface area contributed by atoms with E-state index in [4.69, 9.17) is 0 Å². The van der Waals surface area contributed by atoms with Crippen molar-refractivity contribution < 1.29 is 0 Å². The molecule has 1 aliphatic rings. The molecule has 1 saturated carbocycles. The van der Waals surface area contributed by atoms with Crippen molar-refractivity contribution >= 4 is 27.7 Å². The number of rotatable bonds is 4. The summed E-state index contributed by atoms with van der Waals surface area (Å²) in [4.78, 5) is 8.12. The highest BCUT2D eigenvalue weighted by molar-refractivity contribution is 9.09. The van der Waals surface area contributed by atoms with Crippen LogP contribution in [-0.4, -0.2) is 21.1 Å². The van der Waals surface area contributed by atoms with E-state index >= 15 is 0 Å². The van der Waals surface area contributed by atoms with Gasteiger partial charge in [0.05, 0.1) is 5.03 Å². The highest BCUT2D eigenvalue weighted by atomic mass is 79.9. The monoisotopic (exact) mass is 272 g/mol. The molecule has 0 N–H and O–H groups in total. The van der Waals surface area contributed by atoms with E-state index in [1.165, 1.54) is 25.0 Å². The van der Waals surface area contributed by atoms with Crippen molar-refractivity contribution in [1.82, 2.24) is 9.97 Å². The van der Waals surface area contributed by atoms with E-state index < -0.39 is 0 Å². The number of hydrogen-bond acceptors (Lipinski definition) is 3. The molecule has 1 aromatic rings. The van der Waals surface area contributed by atoms with Crippen molar-refractivity contribution in [2.45, 2.75) is 24.3 Å². The second-order valence-corrected chi connectivity index (χ2v) is 5.38. The van der Waals surface area contributed by atoms with Crippen LogP contribution in [0.3, 0.4) is 0 Å². The van der Waals surface area contributed by atoms with E-state index in [9.17, 15) is 0 Å². The van der Waals surface area contributed by atoms with Gasteiger partial charge in [-0.3, -0.25) is 0 Å². The summed E-state index contributed by atoms with van der Waals surface area (Å²) >= 11 is 5.46. The molecule has 0 aromatic carbocycles. The molecule has 1 aromatic heterocycles. The molecule has 0 radical (unpaired) electrons. The summed E-state index contributed by atoms with van der Waals surface area (Å²) < 4.78 is 0. The van der Waals surface area contributed by atoms with Crippen molar-refractivity contribution in [2.75, 3.05) is 11.1 Å². The van der Waals surface area contributed by atoms with Gasteiger partial charge in [0.25, 0.3) is 0 Å². The number of alkyl halides is 1. The van der Waals surface area contributed by atoms with E-state index in [2.05, 4.69) is 25.9 Å². The zero-order chi connectivity index (χ0) is 9.86. The van der Waals surface area contributed by atoms with Crippen LogP contribution >= 0.6 is 27.7 Å². The number of nitrogens with zero attached hydrogens (tertiary/aromatic N) is 2. The first kappa shape index (κ1) is 10.4. The molecule has 1 heterocycles. The quantitative estimate of drug-likeness (QED) is 0.479. The number of hydrogen-bond donors (Lipinski definition) is 0. The van der Waals surface area contributed by atoms with Gasteiger partial charge in [-0.2, -0.15) is 0 Å². The lowest BCUT2D eigenvalue weighted by atomic mass is 9.72. The van der Waals surface area contributed by atoms with E-state index in [1.807, 2.05) is 17.8 Å². The summed E-state index contributed by atoms with van der Waals surface area (Å²) in [5, 5.41) is 2.21. The van der Waals surface area contributed by atoms with Crippen molar-refractivity contribution in [1.29, 1.82) is 0 Å². The van der Waals surface area contributed by atoms with Gasteiger partial charge in [0.1, 0.15) is 6.33 Å². The van der Waals surface area contributed by atoms with Crippen molar-refractivity contribution in [2.24, 2.45) is 5.41 Å². The van der Waals surface area contributed by atoms with E-state index in [0.717, 1.165) is 10.4 Å². The molecule has 76 valence electrons. The standard InChI is InChI=1S/C10H13BrN2S/c11-6-10(3-1-4-10)7-14-9-2-5-12-8-13-9/h2,5,8H,1,3-4,6-7H2. The first-order chi connectivity index (χ1) is 6.85. The summed E-state index contributed by atoms with van der Waals surface area (Å²) in [5.41, 5.74) is 0.537. The Morgan fingerprint density at radius 3 is 2.86 bits per heavy atom. The molecule has 1 aliphatic carbocycles. The maximum atomic E-state index is 4.21. The van der Waals surface area contributed by atoms with Gasteiger partial charge in [0.15, 0.2) is 0 Å². The van der Waals surface area contributed by atoms with Gasteiger partial charge in [-0.15, -0.1) is 11.8 Å². The molecule has 0 aliphatic heterocycles. The summed E-state index contributed by atoms with van der Waals surface area (Å²) in [5.74, 6) is 1.18. The minimum absolute atomic E-state index is 0.537. The first-order valence-corrected chi connectivity index (χ1v) is 6.90. The number of aromatic nitrogens is 2. The highest BCUT2D eigenvalue weighted by Crippen LogP contribution is 2.45. The van der Waals surface area contributed by atoms with Crippen LogP contribution in [0.2, 0.25) is 0 Å². The van der Waals surface area contributed by atoms with Gasteiger partial charge in [0.2, 0.25) is 0 Å². The Labute approximate surface area is 97.0 Å². The van der Waals surface area contributed by atoms with Crippen molar-refractivity contribution in [3.8, 4) is 0 Å². The Hall–Kier alpha value is -0.0900. The van der Waals surface area contributed by atoms with E-state index in [-0.39, 0.29) is 0 Å². The molecule has 0 saturated heterocycles. The fraction of sp³-hybridized carbons (Fsp3) is 0.600. The SMILES string of the molecule is BrCC1(CSc2ccncn2)CCC1. The fourth-order valence-corrected chi connectivity index (χ4v) is 3.73. The van der Waals surface area contributed by atoms with Crippen LogP contribution in [-0.2, 0) is 0 Å². The lowest BCUT2D eigenvalue weighted by molar-refractivity contribution is 0.206. The van der Waals surface area contributed by atoms with Gasteiger partial charge >= 0.3 is 0 Å². The summed E-state index contributed by atoms with van der Waals surface area (Å²) in [6, 6.07) is 1.98. The highest BCUT2D eigenvalue weighted by Gasteiger charge is 2.35. The Balaban J connectivity index is 1.88. The van der Waals surface area contributed by atoms with E-state index in [0.29, 0.717) is 5.41 Å². The van der Waals surface area contributed by atoms with Crippen LogP contribution in [0.25, 0.3) is 0 Å². The maximum Gasteiger partial charge on any atom is 0.116 e. The molecule has 1 fully saturated rings. The minimum Gasteiger partial charge on any atom is -0.245 e. The Bertz CT molecular complexity index is 282. The third-order valence-electron chi connectivity index (χ3n) is 2.78. The number of halogens is 1. The maximum absolute atomic E-state index is 4.21. The summed E-state index contributed by atoms with van der Waals surface area (Å²) in [6.45, 7) is 0. The predicted molar refractivity (Wildman–Crippen MR) is 62.8 cm³/mol. The van der Waals surface area contributed by atoms with Gasteiger partial charge in [-0.25, -0.2) is 9.97 Å². The van der Waals surface area contributed by atoms with Gasteiger partial charge in [-0.05, 0) is 24.3 Å². The van der Waals surface area contributed by atoms with Crippen LogP contribution < -0.4 is 0 Å². The van der Waals surface area contributed by atoms with Crippen LogP contribution in [0, 0.1) is 5.41 Å².